The fourth-order valence-corrected chi connectivity index (χ4v) is 5.76. The molecular weight excluding hydrogens is 560 g/mol. The Morgan fingerprint density at radius 3 is 2.50 bits per heavy atom. The van der Waals surface area contributed by atoms with E-state index >= 15 is 0 Å². The van der Waals surface area contributed by atoms with Gasteiger partial charge in [-0.2, -0.15) is 0 Å². The molecule has 0 unspecified atom stereocenters. The monoisotopic (exact) mass is 588 g/mol. The number of carbonyl (C=O) groups excluding carboxylic acids is 1. The molecule has 1 N–H and O–H groups in total. The first kappa shape index (κ1) is 28.6. The minimum Gasteiger partial charge on any atom is -0.493 e. The number of nitrogens with zero attached hydrogens (tertiary/aromatic N) is 2. The molecule has 0 saturated carbocycles. The van der Waals surface area contributed by atoms with Crippen molar-refractivity contribution in [2.75, 3.05) is 20.3 Å². The summed E-state index contributed by atoms with van der Waals surface area (Å²) in [5.41, 5.74) is 1.85. The average molecular weight is 589 g/mol. The van der Waals surface area contributed by atoms with E-state index < -0.39 is 18.0 Å². The number of carboxylic acid groups (broad SMARTS) is 1. The SMILES string of the molecule is CCOC(=O)C1=C(C)N=c2s/c(=C\c3ccc(-c4ccc(C(=O)O)cc4)o3)c(=O)n2[C@H]1c1ccc(OC)c(OCC)c1. The number of benzene rings is 2. The molecule has 2 aromatic carbocycles. The molecule has 10 nitrogen and oxygen atoms in total. The first-order valence-corrected chi connectivity index (χ1v) is 14.0. The molecule has 0 spiro atoms. The van der Waals surface area contributed by atoms with Gasteiger partial charge < -0.3 is 23.7 Å². The van der Waals surface area contributed by atoms with Crippen molar-refractivity contribution in [1.29, 1.82) is 0 Å². The van der Waals surface area contributed by atoms with Crippen molar-refractivity contribution < 1.29 is 33.3 Å². The highest BCUT2D eigenvalue weighted by molar-refractivity contribution is 7.07. The van der Waals surface area contributed by atoms with Gasteiger partial charge >= 0.3 is 11.9 Å². The van der Waals surface area contributed by atoms with Crippen molar-refractivity contribution >= 4 is 29.4 Å². The van der Waals surface area contributed by atoms with Crippen LogP contribution in [0.25, 0.3) is 17.4 Å². The second-order valence-corrected chi connectivity index (χ2v) is 10.2. The Kier molecular flexibility index (Phi) is 8.12. The Morgan fingerprint density at radius 1 is 1.07 bits per heavy atom. The molecule has 0 bridgehead atoms. The van der Waals surface area contributed by atoms with Gasteiger partial charge in [-0.15, -0.1) is 0 Å². The standard InChI is InChI=1S/C31H28N2O8S/c1-5-39-24-15-20(11-13-23(24)38-4)27-26(30(37)40-6-2)17(3)32-31-33(27)28(34)25(42-31)16-21-12-14-22(41-21)18-7-9-19(10-8-18)29(35)36/h7-16,27H,5-6H2,1-4H3,(H,35,36)/b25-16-/t27-/m0/s1. The maximum absolute atomic E-state index is 13.9. The maximum Gasteiger partial charge on any atom is 0.338 e. The zero-order chi connectivity index (χ0) is 30.0. The predicted octanol–water partition coefficient (Wildman–Crippen LogP) is 4.16. The third-order valence-electron chi connectivity index (χ3n) is 6.64. The fraction of sp³-hybridized carbons (Fsp3) is 0.226. The highest BCUT2D eigenvalue weighted by Crippen LogP contribution is 2.36. The van der Waals surface area contributed by atoms with Crippen molar-refractivity contribution in [1.82, 2.24) is 4.57 Å². The van der Waals surface area contributed by atoms with Crippen LogP contribution in [-0.2, 0) is 9.53 Å². The number of thiazole rings is 1. The second-order valence-electron chi connectivity index (χ2n) is 9.23. The lowest BCUT2D eigenvalue weighted by molar-refractivity contribution is -0.139. The van der Waals surface area contributed by atoms with Crippen LogP contribution in [0.1, 0.15) is 48.5 Å². The van der Waals surface area contributed by atoms with E-state index in [9.17, 15) is 14.4 Å². The van der Waals surface area contributed by atoms with Gasteiger partial charge in [0.05, 0.1) is 47.7 Å². The Balaban J connectivity index is 1.62. The Labute approximate surface area is 244 Å². The minimum atomic E-state index is -1.01. The van der Waals surface area contributed by atoms with E-state index in [-0.39, 0.29) is 23.3 Å². The molecule has 0 aliphatic carbocycles. The third kappa shape index (κ3) is 5.38. The van der Waals surface area contributed by atoms with Crippen LogP contribution in [0.3, 0.4) is 0 Å². The van der Waals surface area contributed by atoms with Crippen LogP contribution in [0, 0.1) is 0 Å². The summed E-state index contributed by atoms with van der Waals surface area (Å²) in [5.74, 6) is 0.385. The van der Waals surface area contributed by atoms with Crippen LogP contribution in [-0.4, -0.2) is 41.9 Å². The number of hydrogen-bond donors (Lipinski definition) is 1. The Hall–Kier alpha value is -4.90. The lowest BCUT2D eigenvalue weighted by atomic mass is 9.95. The van der Waals surface area contributed by atoms with Crippen LogP contribution < -0.4 is 24.4 Å². The molecular formula is C31H28N2O8S. The van der Waals surface area contributed by atoms with Crippen molar-refractivity contribution in [3.63, 3.8) is 0 Å². The van der Waals surface area contributed by atoms with Crippen molar-refractivity contribution in [3.8, 4) is 22.8 Å². The molecule has 0 saturated heterocycles. The van der Waals surface area contributed by atoms with Crippen molar-refractivity contribution in [2.24, 2.45) is 4.99 Å². The Bertz CT molecular complexity index is 1880. The largest absolute Gasteiger partial charge is 0.493 e. The van der Waals surface area contributed by atoms with Gasteiger partial charge in [-0.1, -0.05) is 29.5 Å². The summed E-state index contributed by atoms with van der Waals surface area (Å²) in [5, 5.41) is 9.15. The molecule has 4 aromatic rings. The molecule has 2 aromatic heterocycles. The van der Waals surface area contributed by atoms with E-state index in [1.165, 1.54) is 28.0 Å². The van der Waals surface area contributed by atoms with E-state index in [1.807, 2.05) is 6.92 Å². The van der Waals surface area contributed by atoms with Gasteiger partial charge in [0.15, 0.2) is 16.3 Å². The third-order valence-corrected chi connectivity index (χ3v) is 7.62. The summed E-state index contributed by atoms with van der Waals surface area (Å²) in [6, 6.07) is 14.3. The van der Waals surface area contributed by atoms with E-state index in [0.717, 1.165) is 0 Å². The number of fused-ring (bicyclic) bond motifs is 1. The summed E-state index contributed by atoms with van der Waals surface area (Å²) in [7, 11) is 1.54. The van der Waals surface area contributed by atoms with Crippen LogP contribution in [0.15, 0.2) is 80.1 Å². The summed E-state index contributed by atoms with van der Waals surface area (Å²) >= 11 is 1.18. The molecule has 42 heavy (non-hydrogen) atoms. The van der Waals surface area contributed by atoms with Crippen LogP contribution in [0.2, 0.25) is 0 Å². The molecule has 1 aliphatic heterocycles. The number of ether oxygens (including phenoxy) is 3. The zero-order valence-corrected chi connectivity index (χ0v) is 24.2. The van der Waals surface area contributed by atoms with Gasteiger partial charge in [0, 0.05) is 11.6 Å². The minimum absolute atomic E-state index is 0.166. The van der Waals surface area contributed by atoms with Gasteiger partial charge in [-0.05, 0) is 62.7 Å². The van der Waals surface area contributed by atoms with Crippen LogP contribution in [0.5, 0.6) is 11.5 Å². The zero-order valence-electron chi connectivity index (χ0n) is 23.4. The van der Waals surface area contributed by atoms with Gasteiger partial charge in [0.1, 0.15) is 11.5 Å². The maximum atomic E-state index is 13.9. The van der Waals surface area contributed by atoms with Gasteiger partial charge in [0.25, 0.3) is 5.56 Å². The molecule has 0 amide bonds. The molecule has 11 heteroatoms. The fourth-order valence-electron chi connectivity index (χ4n) is 4.73. The summed E-state index contributed by atoms with van der Waals surface area (Å²) < 4.78 is 24.4. The molecule has 5 rings (SSSR count). The van der Waals surface area contributed by atoms with Crippen LogP contribution >= 0.6 is 11.3 Å². The number of methoxy groups -OCH3 is 1. The van der Waals surface area contributed by atoms with Gasteiger partial charge in [-0.3, -0.25) is 9.36 Å². The van der Waals surface area contributed by atoms with E-state index in [4.69, 9.17) is 23.7 Å². The van der Waals surface area contributed by atoms with Gasteiger partial charge in [-0.25, -0.2) is 14.6 Å². The number of carboxylic acids is 1. The summed E-state index contributed by atoms with van der Waals surface area (Å²) in [4.78, 5) is 43.3. The highest BCUT2D eigenvalue weighted by atomic mass is 32.1. The number of carbonyl (C=O) groups is 2. The number of aromatic carboxylic acids is 1. The van der Waals surface area contributed by atoms with E-state index in [2.05, 4.69) is 4.99 Å². The molecule has 1 aliphatic rings. The molecule has 3 heterocycles. The smallest absolute Gasteiger partial charge is 0.338 e. The first-order chi connectivity index (χ1) is 20.2. The predicted molar refractivity (Wildman–Crippen MR) is 156 cm³/mol. The van der Waals surface area contributed by atoms with Crippen LogP contribution in [0.4, 0.5) is 0 Å². The second kappa shape index (κ2) is 11.9. The molecule has 0 radical (unpaired) electrons. The van der Waals surface area contributed by atoms with E-state index in [1.54, 1.807) is 69.5 Å². The number of hydrogen-bond acceptors (Lipinski definition) is 9. The summed E-state index contributed by atoms with van der Waals surface area (Å²) in [6.45, 7) is 5.86. The average Bonchev–Trinajstić information content (AvgIpc) is 3.56. The van der Waals surface area contributed by atoms with Crippen molar-refractivity contribution in [3.05, 3.63) is 102 Å². The highest BCUT2D eigenvalue weighted by Gasteiger charge is 2.34. The lowest BCUT2D eigenvalue weighted by Gasteiger charge is -2.25. The first-order valence-electron chi connectivity index (χ1n) is 13.2. The van der Waals surface area contributed by atoms with E-state index in [0.29, 0.717) is 55.8 Å². The number of esters is 1. The Morgan fingerprint density at radius 2 is 1.83 bits per heavy atom. The molecule has 0 fully saturated rings. The normalized spacial score (nSPS) is 14.8. The van der Waals surface area contributed by atoms with Crippen molar-refractivity contribution in [2.45, 2.75) is 26.8 Å². The quantitative estimate of drug-likeness (QED) is 0.289. The number of allylic oxidation sites excluding steroid dienone is 1. The number of rotatable bonds is 9. The molecule has 1 atom stereocenters. The number of aromatic nitrogens is 1. The summed E-state index contributed by atoms with van der Waals surface area (Å²) in [6.07, 6.45) is 1.62. The topological polar surface area (TPSA) is 130 Å². The lowest BCUT2D eigenvalue weighted by Crippen LogP contribution is -2.39. The molecule has 216 valence electrons. The number of furan rings is 1. The van der Waals surface area contributed by atoms with Gasteiger partial charge in [0.2, 0.25) is 0 Å².